The third-order valence-electron chi connectivity index (χ3n) is 5.15. The molecule has 132 valence electrons. The van der Waals surface area contributed by atoms with Crippen LogP contribution in [0, 0.1) is 19.8 Å². The lowest BCUT2D eigenvalue weighted by atomic mass is 10.0. The average Bonchev–Trinajstić information content (AvgIpc) is 3.27. The van der Waals surface area contributed by atoms with E-state index in [0.717, 1.165) is 29.2 Å². The van der Waals surface area contributed by atoms with E-state index in [4.69, 9.17) is 4.74 Å². The molecular formula is C18H22N4O2S. The van der Waals surface area contributed by atoms with Gasteiger partial charge in [-0.1, -0.05) is 0 Å². The van der Waals surface area contributed by atoms with Crippen molar-refractivity contribution in [3.8, 4) is 0 Å². The lowest BCUT2D eigenvalue weighted by molar-refractivity contribution is -0.131. The van der Waals surface area contributed by atoms with E-state index in [2.05, 4.69) is 21.9 Å². The molecule has 2 fully saturated rings. The normalized spacial score (nSPS) is 25.4. The van der Waals surface area contributed by atoms with Gasteiger partial charge in [0, 0.05) is 42.7 Å². The van der Waals surface area contributed by atoms with E-state index in [0.29, 0.717) is 25.3 Å². The Morgan fingerprint density at radius 2 is 2.12 bits per heavy atom. The predicted octanol–water partition coefficient (Wildman–Crippen LogP) is 2.47. The van der Waals surface area contributed by atoms with Crippen molar-refractivity contribution in [2.45, 2.75) is 45.3 Å². The van der Waals surface area contributed by atoms with Gasteiger partial charge in [0.25, 0.3) is 0 Å². The van der Waals surface area contributed by atoms with Crippen molar-refractivity contribution in [1.29, 1.82) is 0 Å². The molecule has 6 nitrogen and oxygen atoms in total. The first-order valence-electron chi connectivity index (χ1n) is 8.71. The minimum absolute atomic E-state index is 0.103. The highest BCUT2D eigenvalue weighted by atomic mass is 32.1. The van der Waals surface area contributed by atoms with Gasteiger partial charge in [-0.25, -0.2) is 15.0 Å². The molecule has 7 heteroatoms. The van der Waals surface area contributed by atoms with Crippen LogP contribution in [0.5, 0.6) is 0 Å². The number of carbonyl (C=O) groups excluding carboxylic acids is 1. The number of ether oxygens (including phenoxy) is 1. The predicted molar refractivity (Wildman–Crippen MR) is 94.2 cm³/mol. The first kappa shape index (κ1) is 16.6. The van der Waals surface area contributed by atoms with Crippen LogP contribution in [0.4, 0.5) is 0 Å². The largest absolute Gasteiger partial charge is 0.366 e. The molecule has 4 heterocycles. The number of thiazole rings is 1. The minimum Gasteiger partial charge on any atom is -0.366 e. The molecular weight excluding hydrogens is 336 g/mol. The van der Waals surface area contributed by atoms with Crippen LogP contribution < -0.4 is 0 Å². The second-order valence-corrected chi connectivity index (χ2v) is 8.13. The summed E-state index contributed by atoms with van der Waals surface area (Å²) in [6.45, 7) is 5.65. The van der Waals surface area contributed by atoms with Crippen molar-refractivity contribution >= 4 is 17.2 Å². The smallest absolute Gasteiger partial charge is 0.223 e. The Labute approximate surface area is 151 Å². The monoisotopic (exact) mass is 358 g/mol. The van der Waals surface area contributed by atoms with Crippen molar-refractivity contribution in [1.82, 2.24) is 19.9 Å². The molecule has 1 amide bonds. The fourth-order valence-corrected chi connectivity index (χ4v) is 4.60. The average molecular weight is 358 g/mol. The van der Waals surface area contributed by atoms with Gasteiger partial charge in [-0.3, -0.25) is 4.79 Å². The number of fused-ring (bicyclic) bond motifs is 1. The summed E-state index contributed by atoms with van der Waals surface area (Å²) in [7, 11) is 0. The number of hydrogen-bond donors (Lipinski definition) is 0. The quantitative estimate of drug-likeness (QED) is 0.840. The number of nitrogens with zero attached hydrogens (tertiary/aromatic N) is 4. The Kier molecular flexibility index (Phi) is 4.52. The fraction of sp³-hybridized carbons (Fsp3) is 0.556. The van der Waals surface area contributed by atoms with Crippen molar-refractivity contribution < 1.29 is 9.53 Å². The van der Waals surface area contributed by atoms with E-state index < -0.39 is 0 Å². The van der Waals surface area contributed by atoms with Crippen molar-refractivity contribution in [2.75, 3.05) is 13.1 Å². The van der Waals surface area contributed by atoms with Gasteiger partial charge in [0.2, 0.25) is 5.91 Å². The number of aryl methyl sites for hydroxylation is 3. The molecule has 0 radical (unpaired) electrons. The Hall–Kier alpha value is -1.86. The molecule has 2 saturated heterocycles. The molecule has 2 aromatic heterocycles. The summed E-state index contributed by atoms with van der Waals surface area (Å²) in [6.07, 6.45) is 7.45. The van der Waals surface area contributed by atoms with Crippen LogP contribution in [0.3, 0.4) is 0 Å². The molecule has 0 N–H and O–H groups in total. The first-order chi connectivity index (χ1) is 12.1. The molecule has 25 heavy (non-hydrogen) atoms. The van der Waals surface area contributed by atoms with Gasteiger partial charge in [0.1, 0.15) is 17.4 Å². The summed E-state index contributed by atoms with van der Waals surface area (Å²) < 4.78 is 6.22. The van der Waals surface area contributed by atoms with Gasteiger partial charge in [0.05, 0.1) is 11.8 Å². The van der Waals surface area contributed by atoms with Crippen molar-refractivity contribution in [2.24, 2.45) is 5.92 Å². The van der Waals surface area contributed by atoms with Gasteiger partial charge < -0.3 is 9.64 Å². The number of likely N-dealkylation sites (tertiary alicyclic amines) is 1. The highest BCUT2D eigenvalue weighted by Crippen LogP contribution is 2.42. The van der Waals surface area contributed by atoms with Gasteiger partial charge >= 0.3 is 0 Å². The number of amides is 1. The Balaban J connectivity index is 1.31. The number of rotatable bonds is 4. The second-order valence-electron chi connectivity index (χ2n) is 6.90. The third kappa shape index (κ3) is 3.43. The highest BCUT2D eigenvalue weighted by Gasteiger charge is 2.44. The summed E-state index contributed by atoms with van der Waals surface area (Å²) in [5.74, 6) is 0.623. The van der Waals surface area contributed by atoms with E-state index in [1.165, 1.54) is 11.2 Å². The maximum absolute atomic E-state index is 12.5. The molecule has 0 aliphatic carbocycles. The first-order valence-corrected chi connectivity index (χ1v) is 9.53. The summed E-state index contributed by atoms with van der Waals surface area (Å²) in [5.41, 5.74) is 2.10. The topological polar surface area (TPSA) is 68.2 Å². The summed E-state index contributed by atoms with van der Waals surface area (Å²) >= 11 is 1.73. The molecule has 0 bridgehead atoms. The highest BCUT2D eigenvalue weighted by molar-refractivity contribution is 7.11. The summed E-state index contributed by atoms with van der Waals surface area (Å²) in [6, 6.07) is 0. The summed E-state index contributed by atoms with van der Waals surface area (Å²) in [4.78, 5) is 28.3. The zero-order valence-electron chi connectivity index (χ0n) is 14.5. The number of aromatic nitrogens is 3. The molecule has 0 aromatic carbocycles. The minimum atomic E-state index is 0.103. The molecule has 3 atom stereocenters. The maximum Gasteiger partial charge on any atom is 0.223 e. The Bertz CT molecular complexity index is 730. The van der Waals surface area contributed by atoms with Crippen LogP contribution in [0.1, 0.15) is 40.1 Å². The molecule has 2 aliphatic heterocycles. The lowest BCUT2D eigenvalue weighted by Crippen LogP contribution is -2.30. The molecule has 0 spiro atoms. The zero-order chi connectivity index (χ0) is 17.4. The van der Waals surface area contributed by atoms with E-state index in [-0.39, 0.29) is 18.1 Å². The zero-order valence-corrected chi connectivity index (χ0v) is 15.3. The number of hydrogen-bond acceptors (Lipinski definition) is 6. The van der Waals surface area contributed by atoms with E-state index in [1.807, 2.05) is 11.8 Å². The van der Waals surface area contributed by atoms with Crippen LogP contribution in [0.15, 0.2) is 18.7 Å². The Morgan fingerprint density at radius 1 is 1.32 bits per heavy atom. The van der Waals surface area contributed by atoms with Crippen LogP contribution >= 0.6 is 11.3 Å². The van der Waals surface area contributed by atoms with Crippen molar-refractivity contribution in [3.63, 3.8) is 0 Å². The van der Waals surface area contributed by atoms with Crippen LogP contribution in [-0.4, -0.2) is 45.0 Å². The SMILES string of the molecule is Cc1nc([C@H]2C[C@H]3CN(C(=O)CCc4cncnc4)C[C@H]3O2)sc1C. The summed E-state index contributed by atoms with van der Waals surface area (Å²) in [5, 5.41) is 1.09. The van der Waals surface area contributed by atoms with Crippen LogP contribution in [0.2, 0.25) is 0 Å². The van der Waals surface area contributed by atoms with E-state index in [1.54, 1.807) is 23.7 Å². The van der Waals surface area contributed by atoms with Gasteiger partial charge in [-0.15, -0.1) is 11.3 Å². The molecule has 0 saturated carbocycles. The maximum atomic E-state index is 12.5. The van der Waals surface area contributed by atoms with Gasteiger partial charge in [-0.2, -0.15) is 0 Å². The fourth-order valence-electron chi connectivity index (χ4n) is 3.63. The molecule has 2 aliphatic rings. The Morgan fingerprint density at radius 3 is 2.80 bits per heavy atom. The van der Waals surface area contributed by atoms with Gasteiger partial charge in [-0.05, 0) is 32.3 Å². The van der Waals surface area contributed by atoms with E-state index >= 15 is 0 Å². The number of carbonyl (C=O) groups is 1. The van der Waals surface area contributed by atoms with E-state index in [9.17, 15) is 4.79 Å². The second kappa shape index (κ2) is 6.80. The molecule has 4 rings (SSSR count). The van der Waals surface area contributed by atoms with Crippen LogP contribution in [-0.2, 0) is 16.0 Å². The third-order valence-corrected chi connectivity index (χ3v) is 6.32. The van der Waals surface area contributed by atoms with Crippen molar-refractivity contribution in [3.05, 3.63) is 39.9 Å². The van der Waals surface area contributed by atoms with Crippen LogP contribution in [0.25, 0.3) is 0 Å². The standard InChI is InChI=1S/C18H22N4O2S/c1-11-12(2)25-18(21-11)15-5-14-8-22(9-16(14)24-15)17(23)4-3-13-6-19-10-20-7-13/h6-7,10,14-16H,3-5,8-9H2,1-2H3/t14-,15+,16+/m0/s1. The van der Waals surface area contributed by atoms with Gasteiger partial charge in [0.15, 0.2) is 0 Å². The lowest BCUT2D eigenvalue weighted by Gasteiger charge is -2.18. The molecule has 0 unspecified atom stereocenters. The molecule has 2 aromatic rings.